The van der Waals surface area contributed by atoms with Crippen molar-refractivity contribution >= 4 is 34.5 Å². The molecule has 1 aromatic rings. The number of aliphatic hydroxyl groups excluding tert-OH is 1. The fourth-order valence-electron chi connectivity index (χ4n) is 1.12. The van der Waals surface area contributed by atoms with E-state index in [1.165, 1.54) is 11.3 Å². The van der Waals surface area contributed by atoms with Gasteiger partial charge in [-0.2, -0.15) is 0 Å². The summed E-state index contributed by atoms with van der Waals surface area (Å²) in [6.45, 7) is 0.824. The second-order valence-electron chi connectivity index (χ2n) is 3.39. The lowest BCUT2D eigenvalue weighted by Crippen LogP contribution is -2.15. The van der Waals surface area contributed by atoms with Gasteiger partial charge in [-0.15, -0.1) is 11.3 Å². The van der Waals surface area contributed by atoms with Crippen LogP contribution < -0.4 is 0 Å². The second-order valence-corrected chi connectivity index (χ2v) is 5.67. The monoisotopic (exact) mass is 253 g/mol. The molecular formula is C9H13Cl2NOS. The summed E-state index contributed by atoms with van der Waals surface area (Å²) in [4.78, 5) is 2.02. The third kappa shape index (κ3) is 3.41. The largest absolute Gasteiger partial charge is 0.388 e. The fourth-order valence-corrected chi connectivity index (χ4v) is 2.68. The van der Waals surface area contributed by atoms with Gasteiger partial charge in [0.1, 0.15) is 4.34 Å². The summed E-state index contributed by atoms with van der Waals surface area (Å²) in [6, 6.07) is 1.73. The highest BCUT2D eigenvalue weighted by Gasteiger charge is 2.14. The molecule has 0 saturated heterocycles. The molecule has 1 N–H and O–H groups in total. The summed E-state index contributed by atoms with van der Waals surface area (Å²) in [6.07, 6.45) is 0.147. The first-order valence-corrected chi connectivity index (χ1v) is 5.85. The van der Waals surface area contributed by atoms with E-state index in [0.717, 1.165) is 12.1 Å². The Balaban J connectivity index is 2.60. The smallest absolute Gasteiger partial charge is 0.100 e. The number of hydrogen-bond acceptors (Lipinski definition) is 3. The van der Waals surface area contributed by atoms with Crippen LogP contribution in [0.25, 0.3) is 0 Å². The van der Waals surface area contributed by atoms with Crippen LogP contribution in [-0.2, 0) is 0 Å². The van der Waals surface area contributed by atoms with E-state index in [4.69, 9.17) is 23.2 Å². The van der Waals surface area contributed by atoms with Gasteiger partial charge in [0.25, 0.3) is 0 Å². The van der Waals surface area contributed by atoms with Gasteiger partial charge in [0, 0.05) is 12.1 Å². The Morgan fingerprint density at radius 3 is 2.57 bits per heavy atom. The number of rotatable bonds is 4. The molecule has 0 aliphatic rings. The molecule has 5 heteroatoms. The number of aliphatic hydroxyl groups is 1. The van der Waals surface area contributed by atoms with Crippen molar-refractivity contribution in [2.24, 2.45) is 0 Å². The van der Waals surface area contributed by atoms with E-state index in [-0.39, 0.29) is 0 Å². The van der Waals surface area contributed by atoms with Gasteiger partial charge in [-0.25, -0.2) is 0 Å². The highest BCUT2D eigenvalue weighted by Crippen LogP contribution is 2.35. The Bertz CT molecular complexity index is 301. The van der Waals surface area contributed by atoms with Crippen LogP contribution in [0.1, 0.15) is 18.1 Å². The summed E-state index contributed by atoms with van der Waals surface area (Å²) in [5, 5.41) is 9.80. The van der Waals surface area contributed by atoms with Crippen LogP contribution in [0, 0.1) is 0 Å². The normalized spacial score (nSPS) is 13.6. The molecule has 1 aromatic heterocycles. The third-order valence-electron chi connectivity index (χ3n) is 1.89. The minimum atomic E-state index is -0.520. The second kappa shape index (κ2) is 5.33. The SMILES string of the molecule is CN(C)CCC(O)c1cc(Cl)sc1Cl. The van der Waals surface area contributed by atoms with E-state index >= 15 is 0 Å². The van der Waals surface area contributed by atoms with Crippen molar-refractivity contribution in [1.29, 1.82) is 0 Å². The molecule has 0 spiro atoms. The van der Waals surface area contributed by atoms with Gasteiger partial charge >= 0.3 is 0 Å². The lowest BCUT2D eigenvalue weighted by molar-refractivity contribution is 0.155. The predicted octanol–water partition coefficient (Wildman–Crippen LogP) is 3.04. The summed E-state index contributed by atoms with van der Waals surface area (Å²) >= 11 is 13.0. The van der Waals surface area contributed by atoms with E-state index < -0.39 is 6.10 Å². The first-order chi connectivity index (χ1) is 6.50. The molecule has 1 heterocycles. The highest BCUT2D eigenvalue weighted by molar-refractivity contribution is 7.20. The van der Waals surface area contributed by atoms with Crippen LogP contribution in [0.5, 0.6) is 0 Å². The van der Waals surface area contributed by atoms with Crippen LogP contribution >= 0.6 is 34.5 Å². The molecule has 1 rings (SSSR count). The zero-order valence-electron chi connectivity index (χ0n) is 8.13. The minimum Gasteiger partial charge on any atom is -0.388 e. The van der Waals surface area contributed by atoms with E-state index in [1.54, 1.807) is 6.07 Å². The molecule has 1 atom stereocenters. The zero-order valence-corrected chi connectivity index (χ0v) is 10.5. The first-order valence-electron chi connectivity index (χ1n) is 4.28. The topological polar surface area (TPSA) is 23.5 Å². The van der Waals surface area contributed by atoms with Crippen molar-refractivity contribution in [2.45, 2.75) is 12.5 Å². The maximum Gasteiger partial charge on any atom is 0.100 e. The van der Waals surface area contributed by atoms with Crippen molar-refractivity contribution in [2.75, 3.05) is 20.6 Å². The van der Waals surface area contributed by atoms with Gasteiger partial charge < -0.3 is 10.0 Å². The van der Waals surface area contributed by atoms with Gasteiger partial charge in [-0.3, -0.25) is 0 Å². The van der Waals surface area contributed by atoms with E-state index in [1.807, 2.05) is 19.0 Å². The molecule has 0 aliphatic heterocycles. The van der Waals surface area contributed by atoms with E-state index in [9.17, 15) is 5.11 Å². The Morgan fingerprint density at radius 2 is 2.14 bits per heavy atom. The average molecular weight is 254 g/mol. The van der Waals surface area contributed by atoms with Crippen LogP contribution in [0.3, 0.4) is 0 Å². The highest BCUT2D eigenvalue weighted by atomic mass is 35.5. The van der Waals surface area contributed by atoms with Crippen molar-refractivity contribution in [1.82, 2.24) is 4.90 Å². The van der Waals surface area contributed by atoms with Crippen LogP contribution in [0.15, 0.2) is 6.07 Å². The molecular weight excluding hydrogens is 241 g/mol. The van der Waals surface area contributed by atoms with E-state index in [2.05, 4.69) is 0 Å². The van der Waals surface area contributed by atoms with Crippen molar-refractivity contribution < 1.29 is 5.11 Å². The Morgan fingerprint density at radius 1 is 1.50 bits per heavy atom. The Kier molecular flexibility index (Phi) is 4.67. The zero-order chi connectivity index (χ0) is 10.7. The van der Waals surface area contributed by atoms with Gasteiger partial charge in [-0.05, 0) is 26.6 Å². The number of hydrogen-bond donors (Lipinski definition) is 1. The summed E-state index contributed by atoms with van der Waals surface area (Å²) in [7, 11) is 3.93. The van der Waals surface area contributed by atoms with Crippen molar-refractivity contribution in [3.05, 3.63) is 20.3 Å². The Hall–Kier alpha value is 0.200. The molecule has 0 aromatic carbocycles. The number of halogens is 2. The van der Waals surface area contributed by atoms with Crippen LogP contribution in [0.2, 0.25) is 8.67 Å². The molecule has 0 fully saturated rings. The van der Waals surface area contributed by atoms with E-state index in [0.29, 0.717) is 15.1 Å². The van der Waals surface area contributed by atoms with Gasteiger partial charge in [0.2, 0.25) is 0 Å². The molecule has 2 nitrogen and oxygen atoms in total. The minimum absolute atomic E-state index is 0.520. The fraction of sp³-hybridized carbons (Fsp3) is 0.556. The standard InChI is InChI=1S/C9H13Cl2NOS/c1-12(2)4-3-7(13)6-5-8(10)14-9(6)11/h5,7,13H,3-4H2,1-2H3. The first kappa shape index (κ1) is 12.3. The molecule has 80 valence electrons. The molecule has 0 bridgehead atoms. The van der Waals surface area contributed by atoms with Gasteiger partial charge in [0.05, 0.1) is 10.4 Å². The van der Waals surface area contributed by atoms with Gasteiger partial charge in [0.15, 0.2) is 0 Å². The molecule has 0 aliphatic carbocycles. The number of thiophene rings is 1. The summed E-state index contributed by atoms with van der Waals surface area (Å²) < 4.78 is 1.20. The lowest BCUT2D eigenvalue weighted by atomic mass is 10.1. The van der Waals surface area contributed by atoms with Crippen LogP contribution in [0.4, 0.5) is 0 Å². The van der Waals surface area contributed by atoms with Crippen molar-refractivity contribution in [3.8, 4) is 0 Å². The average Bonchev–Trinajstić information content (AvgIpc) is 2.41. The third-order valence-corrected chi connectivity index (χ3v) is 3.41. The molecule has 0 radical (unpaired) electrons. The quantitative estimate of drug-likeness (QED) is 0.892. The maximum absolute atomic E-state index is 9.80. The van der Waals surface area contributed by atoms with Gasteiger partial charge in [-0.1, -0.05) is 23.2 Å². The summed E-state index contributed by atoms with van der Waals surface area (Å²) in [5.74, 6) is 0. The predicted molar refractivity (Wildman–Crippen MR) is 62.5 cm³/mol. The maximum atomic E-state index is 9.80. The number of nitrogens with zero attached hydrogens (tertiary/aromatic N) is 1. The lowest BCUT2D eigenvalue weighted by Gasteiger charge is -2.13. The van der Waals surface area contributed by atoms with Crippen LogP contribution in [-0.4, -0.2) is 30.6 Å². The molecule has 14 heavy (non-hydrogen) atoms. The van der Waals surface area contributed by atoms with Crippen molar-refractivity contribution in [3.63, 3.8) is 0 Å². The Labute approximate surface area is 98.1 Å². The molecule has 1 unspecified atom stereocenters. The summed E-state index contributed by atoms with van der Waals surface area (Å²) in [5.41, 5.74) is 0.739. The molecule has 0 saturated carbocycles. The molecule has 0 amide bonds.